The summed E-state index contributed by atoms with van der Waals surface area (Å²) in [7, 11) is 1.56. The first kappa shape index (κ1) is 20.1. The van der Waals surface area contributed by atoms with Crippen LogP contribution in [0.15, 0.2) is 60.7 Å². The number of carbonyl (C=O) groups is 3. The molecule has 0 bridgehead atoms. The van der Waals surface area contributed by atoms with Gasteiger partial charge in [-0.15, -0.1) is 0 Å². The number of fused-ring (bicyclic) bond motifs is 1. The average Bonchev–Trinajstić information content (AvgIpc) is 2.72. The Labute approximate surface area is 168 Å². The molecule has 0 saturated carbocycles. The van der Waals surface area contributed by atoms with Gasteiger partial charge in [0.1, 0.15) is 5.75 Å². The molecule has 6 nitrogen and oxygen atoms in total. The number of hydrogen-bond donors (Lipinski definition) is 1. The Morgan fingerprint density at radius 2 is 1.66 bits per heavy atom. The highest BCUT2D eigenvalue weighted by Crippen LogP contribution is 2.29. The van der Waals surface area contributed by atoms with Crippen LogP contribution in [0.3, 0.4) is 0 Å². The van der Waals surface area contributed by atoms with Crippen molar-refractivity contribution < 1.29 is 23.9 Å². The minimum atomic E-state index is -1.02. The van der Waals surface area contributed by atoms with E-state index in [1.54, 1.807) is 49.6 Å². The van der Waals surface area contributed by atoms with Crippen LogP contribution in [0.2, 0.25) is 0 Å². The Hall–Kier alpha value is -3.67. The lowest BCUT2D eigenvalue weighted by molar-refractivity contribution is -0.123. The molecule has 3 rings (SSSR count). The van der Waals surface area contributed by atoms with Crippen LogP contribution in [0.5, 0.6) is 5.75 Å². The van der Waals surface area contributed by atoms with Crippen LogP contribution in [0.4, 0.5) is 5.69 Å². The molecule has 148 valence electrons. The number of ether oxygens (including phenoxy) is 2. The van der Waals surface area contributed by atoms with Crippen LogP contribution in [-0.2, 0) is 9.53 Å². The quantitative estimate of drug-likeness (QED) is 0.502. The number of methoxy groups -OCH3 is 1. The van der Waals surface area contributed by atoms with E-state index in [1.165, 1.54) is 13.8 Å². The van der Waals surface area contributed by atoms with Crippen LogP contribution >= 0.6 is 0 Å². The van der Waals surface area contributed by atoms with Crippen molar-refractivity contribution in [3.05, 3.63) is 71.8 Å². The predicted molar refractivity (Wildman–Crippen MR) is 110 cm³/mol. The molecule has 1 atom stereocenters. The number of benzene rings is 3. The molecule has 0 spiro atoms. The SMILES string of the molecule is COc1ccc(C(=O)O[C@H](C)C(=O)Nc2cccc(C(C)=O)c2)c2ccccc12. The van der Waals surface area contributed by atoms with Gasteiger partial charge >= 0.3 is 5.97 Å². The van der Waals surface area contributed by atoms with Gasteiger partial charge in [-0.3, -0.25) is 9.59 Å². The summed E-state index contributed by atoms with van der Waals surface area (Å²) in [6.45, 7) is 2.94. The monoisotopic (exact) mass is 391 g/mol. The van der Waals surface area contributed by atoms with Crippen molar-refractivity contribution in [3.8, 4) is 5.75 Å². The minimum Gasteiger partial charge on any atom is -0.496 e. The van der Waals surface area contributed by atoms with Gasteiger partial charge in [0, 0.05) is 16.6 Å². The number of amides is 1. The van der Waals surface area contributed by atoms with E-state index >= 15 is 0 Å². The summed E-state index contributed by atoms with van der Waals surface area (Å²) >= 11 is 0. The summed E-state index contributed by atoms with van der Waals surface area (Å²) in [4.78, 5) is 36.6. The highest BCUT2D eigenvalue weighted by molar-refractivity contribution is 6.07. The lowest BCUT2D eigenvalue weighted by atomic mass is 10.0. The van der Waals surface area contributed by atoms with E-state index in [1.807, 2.05) is 18.2 Å². The van der Waals surface area contributed by atoms with E-state index < -0.39 is 18.0 Å². The molecule has 1 amide bonds. The third-order valence-corrected chi connectivity index (χ3v) is 4.51. The largest absolute Gasteiger partial charge is 0.496 e. The maximum Gasteiger partial charge on any atom is 0.339 e. The Bertz CT molecular complexity index is 1090. The van der Waals surface area contributed by atoms with Crippen molar-refractivity contribution in [1.29, 1.82) is 0 Å². The molecule has 0 heterocycles. The third kappa shape index (κ3) is 4.43. The highest BCUT2D eigenvalue weighted by Gasteiger charge is 2.21. The number of Topliss-reactive ketones (excluding diaryl/α,β-unsaturated/α-hetero) is 1. The third-order valence-electron chi connectivity index (χ3n) is 4.51. The van der Waals surface area contributed by atoms with Gasteiger partial charge in [-0.25, -0.2) is 4.79 Å². The smallest absolute Gasteiger partial charge is 0.339 e. The molecular formula is C23H21NO5. The average molecular weight is 391 g/mol. The summed E-state index contributed by atoms with van der Waals surface area (Å²) in [5.74, 6) is -0.555. The molecule has 0 aromatic heterocycles. The molecule has 6 heteroatoms. The fourth-order valence-corrected chi connectivity index (χ4v) is 2.96. The second-order valence-corrected chi connectivity index (χ2v) is 6.53. The molecule has 1 N–H and O–H groups in total. The van der Waals surface area contributed by atoms with Crippen LogP contribution < -0.4 is 10.1 Å². The minimum absolute atomic E-state index is 0.105. The first-order chi connectivity index (χ1) is 13.9. The number of rotatable bonds is 6. The zero-order chi connectivity index (χ0) is 21.0. The zero-order valence-electron chi connectivity index (χ0n) is 16.4. The van der Waals surface area contributed by atoms with Crippen molar-refractivity contribution in [3.63, 3.8) is 0 Å². The second kappa shape index (κ2) is 8.56. The van der Waals surface area contributed by atoms with Crippen molar-refractivity contribution in [2.45, 2.75) is 20.0 Å². The molecule has 0 radical (unpaired) electrons. The van der Waals surface area contributed by atoms with E-state index in [2.05, 4.69) is 5.32 Å². The molecule has 3 aromatic rings. The summed E-state index contributed by atoms with van der Waals surface area (Å²) in [5, 5.41) is 4.12. The fraction of sp³-hybridized carbons (Fsp3) is 0.174. The Morgan fingerprint density at radius 3 is 2.34 bits per heavy atom. The molecule has 0 fully saturated rings. The van der Waals surface area contributed by atoms with Gasteiger partial charge in [0.05, 0.1) is 12.7 Å². The standard InChI is InChI=1S/C23H21NO5/c1-14(25)16-7-6-8-17(13-16)24-22(26)15(2)29-23(27)20-11-12-21(28-3)19-10-5-4-9-18(19)20/h4-13,15H,1-3H3,(H,24,26)/t15-/m1/s1. The van der Waals surface area contributed by atoms with Gasteiger partial charge in [-0.1, -0.05) is 36.4 Å². The van der Waals surface area contributed by atoms with E-state index in [0.29, 0.717) is 28.0 Å². The Morgan fingerprint density at radius 1 is 0.931 bits per heavy atom. The number of ketones is 1. The first-order valence-electron chi connectivity index (χ1n) is 9.09. The molecule has 0 aliphatic carbocycles. The van der Waals surface area contributed by atoms with Gasteiger partial charge in [-0.2, -0.15) is 0 Å². The van der Waals surface area contributed by atoms with Gasteiger partial charge in [0.15, 0.2) is 11.9 Å². The number of anilines is 1. The lowest BCUT2D eigenvalue weighted by Crippen LogP contribution is -2.30. The van der Waals surface area contributed by atoms with Crippen LogP contribution in [0.25, 0.3) is 10.8 Å². The molecule has 3 aromatic carbocycles. The second-order valence-electron chi connectivity index (χ2n) is 6.53. The van der Waals surface area contributed by atoms with Crippen LogP contribution in [0.1, 0.15) is 34.6 Å². The summed E-state index contributed by atoms with van der Waals surface area (Å²) in [6.07, 6.45) is -1.02. The normalized spacial score (nSPS) is 11.6. The Kier molecular flexibility index (Phi) is 5.93. The van der Waals surface area contributed by atoms with Crippen molar-refractivity contribution in [2.75, 3.05) is 12.4 Å². The maximum absolute atomic E-state index is 12.7. The topological polar surface area (TPSA) is 81.7 Å². The summed E-state index contributed by atoms with van der Waals surface area (Å²) < 4.78 is 10.7. The number of carbonyl (C=O) groups excluding carboxylic acids is 3. The molecule has 0 aliphatic rings. The number of esters is 1. The van der Waals surface area contributed by atoms with Crippen molar-refractivity contribution >= 4 is 34.1 Å². The van der Waals surface area contributed by atoms with Crippen molar-refractivity contribution in [1.82, 2.24) is 0 Å². The van der Waals surface area contributed by atoms with E-state index in [4.69, 9.17) is 9.47 Å². The molecule has 29 heavy (non-hydrogen) atoms. The zero-order valence-corrected chi connectivity index (χ0v) is 16.4. The highest BCUT2D eigenvalue weighted by atomic mass is 16.5. The van der Waals surface area contributed by atoms with Gasteiger partial charge in [-0.05, 0) is 43.5 Å². The van der Waals surface area contributed by atoms with Crippen LogP contribution in [-0.4, -0.2) is 30.9 Å². The van der Waals surface area contributed by atoms with E-state index in [9.17, 15) is 14.4 Å². The lowest BCUT2D eigenvalue weighted by Gasteiger charge is -2.15. The maximum atomic E-state index is 12.7. The van der Waals surface area contributed by atoms with Gasteiger partial charge in [0.25, 0.3) is 5.91 Å². The number of hydrogen-bond acceptors (Lipinski definition) is 5. The molecule has 0 unspecified atom stereocenters. The van der Waals surface area contributed by atoms with Gasteiger partial charge in [0.2, 0.25) is 0 Å². The predicted octanol–water partition coefficient (Wildman–Crippen LogP) is 4.24. The summed E-state index contributed by atoms with van der Waals surface area (Å²) in [5.41, 5.74) is 1.29. The Balaban J connectivity index is 1.75. The molecular weight excluding hydrogens is 370 g/mol. The van der Waals surface area contributed by atoms with Crippen molar-refractivity contribution in [2.24, 2.45) is 0 Å². The molecule has 0 saturated heterocycles. The van der Waals surface area contributed by atoms with Gasteiger partial charge < -0.3 is 14.8 Å². The first-order valence-corrected chi connectivity index (χ1v) is 9.09. The molecule has 0 aliphatic heterocycles. The number of nitrogens with one attached hydrogen (secondary N) is 1. The summed E-state index contributed by atoms with van der Waals surface area (Å²) in [6, 6.07) is 17.2. The fourth-order valence-electron chi connectivity index (χ4n) is 2.96. The van der Waals surface area contributed by atoms with E-state index in [0.717, 1.165) is 5.39 Å². The van der Waals surface area contributed by atoms with E-state index in [-0.39, 0.29) is 5.78 Å². The van der Waals surface area contributed by atoms with Crippen LogP contribution in [0, 0.1) is 0 Å².